The van der Waals surface area contributed by atoms with Gasteiger partial charge >= 0.3 is 0 Å². The van der Waals surface area contributed by atoms with E-state index < -0.39 is 0 Å². The molecule has 0 spiro atoms. The Morgan fingerprint density at radius 1 is 1.33 bits per heavy atom. The van der Waals surface area contributed by atoms with E-state index in [9.17, 15) is 0 Å². The average molecular weight is 203 g/mol. The lowest BCUT2D eigenvalue weighted by Crippen LogP contribution is -2.00. The van der Waals surface area contributed by atoms with Crippen LogP contribution in [0.3, 0.4) is 0 Å². The summed E-state index contributed by atoms with van der Waals surface area (Å²) in [7, 11) is 0. The molecule has 0 aliphatic heterocycles. The Labute approximate surface area is 81.0 Å². The predicted molar refractivity (Wildman–Crippen MR) is 51.4 cm³/mol. The normalized spacial score (nSPS) is 9.17. The molecule has 0 aromatic heterocycles. The summed E-state index contributed by atoms with van der Waals surface area (Å²) in [5, 5.41) is 0.992. The summed E-state index contributed by atoms with van der Waals surface area (Å²) in [6.07, 6.45) is 0. The number of benzene rings is 1. The lowest BCUT2D eigenvalue weighted by Gasteiger charge is -2.02. The fourth-order valence-corrected chi connectivity index (χ4v) is 0.757. The molecule has 12 heavy (non-hydrogen) atoms. The lowest BCUT2D eigenvalue weighted by atomic mass is 10.3. The Morgan fingerprint density at radius 3 is 2.42 bits per heavy atom. The van der Waals surface area contributed by atoms with E-state index in [1.807, 2.05) is 0 Å². The highest BCUT2D eigenvalue weighted by Crippen LogP contribution is 2.15. The molecule has 0 fully saturated rings. The summed E-state index contributed by atoms with van der Waals surface area (Å²) in [6.45, 7) is 1.63. The van der Waals surface area contributed by atoms with Gasteiger partial charge in [0.1, 0.15) is 0 Å². The van der Waals surface area contributed by atoms with Gasteiger partial charge in [-0.1, -0.05) is 11.6 Å². The molecule has 0 N–H and O–H groups in total. The zero-order valence-corrected chi connectivity index (χ0v) is 7.98. The molecule has 0 saturated heterocycles. The Hall–Kier alpha value is -0.800. The highest BCUT2D eigenvalue weighted by molar-refractivity contribution is 7.80. The van der Waals surface area contributed by atoms with Gasteiger partial charge in [-0.05, 0) is 36.5 Å². The van der Waals surface area contributed by atoms with Crippen LogP contribution in [0.25, 0.3) is 0 Å². The summed E-state index contributed by atoms with van der Waals surface area (Å²) < 4.78 is 0. The molecule has 0 aliphatic carbocycles. The molecule has 64 valence electrons. The van der Waals surface area contributed by atoms with Gasteiger partial charge in [0.15, 0.2) is 5.75 Å². The molecule has 0 atom stereocenters. The number of rotatable bonds is 2. The van der Waals surface area contributed by atoms with Gasteiger partial charge < -0.3 is 0 Å². The first-order valence-corrected chi connectivity index (χ1v) is 4.08. The minimum Gasteiger partial charge on any atom is -0.289 e. The first kappa shape index (κ1) is 9.29. The smallest absolute Gasteiger partial charge is 0.215 e. The van der Waals surface area contributed by atoms with Gasteiger partial charge in [0.2, 0.25) is 5.05 Å². The topological polar surface area (TPSA) is 18.5 Å². The molecule has 2 nitrogen and oxygen atoms in total. The van der Waals surface area contributed by atoms with Gasteiger partial charge in [0, 0.05) is 11.9 Å². The van der Waals surface area contributed by atoms with Crippen LogP contribution in [0.15, 0.2) is 24.3 Å². The Morgan fingerprint density at radius 2 is 1.92 bits per heavy atom. The van der Waals surface area contributed by atoms with Crippen LogP contribution < -0.4 is 4.89 Å². The molecule has 0 amide bonds. The molecule has 0 heterocycles. The summed E-state index contributed by atoms with van der Waals surface area (Å²) in [5.74, 6) is 0.573. The Balaban J connectivity index is 2.53. The van der Waals surface area contributed by atoms with Crippen LogP contribution in [0, 0.1) is 0 Å². The van der Waals surface area contributed by atoms with Crippen LogP contribution in [0.2, 0.25) is 5.02 Å². The molecule has 0 aliphatic rings. The minimum absolute atomic E-state index is 0.338. The molecule has 1 aromatic rings. The molecule has 0 bridgehead atoms. The average Bonchev–Trinajstić information content (AvgIpc) is 2.03. The maximum absolute atomic E-state index is 5.65. The predicted octanol–water partition coefficient (Wildman–Crippen LogP) is 3.00. The monoisotopic (exact) mass is 202 g/mol. The van der Waals surface area contributed by atoms with Gasteiger partial charge in [0.05, 0.1) is 0 Å². The SMILES string of the molecule is CC(=S)OOc1ccc(Cl)cc1. The third kappa shape index (κ3) is 3.07. The van der Waals surface area contributed by atoms with Crippen LogP contribution >= 0.6 is 23.8 Å². The van der Waals surface area contributed by atoms with Crippen molar-refractivity contribution in [1.82, 2.24) is 0 Å². The Bertz CT molecular complexity index is 271. The van der Waals surface area contributed by atoms with E-state index in [2.05, 4.69) is 17.1 Å². The molecule has 1 aromatic carbocycles. The van der Waals surface area contributed by atoms with E-state index >= 15 is 0 Å². The quantitative estimate of drug-likeness (QED) is 0.417. The fraction of sp³-hybridized carbons (Fsp3) is 0.125. The Kier molecular flexibility index (Phi) is 3.31. The second kappa shape index (κ2) is 4.28. The number of thiocarbonyl (C=S) groups is 1. The van der Waals surface area contributed by atoms with Gasteiger partial charge in [-0.2, -0.15) is 0 Å². The van der Waals surface area contributed by atoms with E-state index in [4.69, 9.17) is 16.5 Å². The summed E-state index contributed by atoms with van der Waals surface area (Å²) in [5.41, 5.74) is 0. The van der Waals surface area contributed by atoms with Crippen molar-refractivity contribution < 1.29 is 9.78 Å². The second-order valence-corrected chi connectivity index (χ2v) is 3.12. The molecular formula is C8H7ClO2S. The van der Waals surface area contributed by atoms with Crippen LogP contribution in [0.4, 0.5) is 0 Å². The van der Waals surface area contributed by atoms with E-state index in [1.54, 1.807) is 31.2 Å². The first-order chi connectivity index (χ1) is 5.68. The standard InChI is InChI=1S/C8H7ClO2S/c1-6(12)10-11-8-4-2-7(9)3-5-8/h2-5H,1H3. The number of hydrogen-bond acceptors (Lipinski definition) is 3. The van der Waals surface area contributed by atoms with Crippen molar-refractivity contribution in [3.8, 4) is 5.75 Å². The van der Waals surface area contributed by atoms with Gasteiger partial charge in [-0.15, -0.1) is 0 Å². The summed E-state index contributed by atoms with van der Waals surface area (Å²) in [4.78, 5) is 9.48. The summed E-state index contributed by atoms with van der Waals surface area (Å²) >= 11 is 10.3. The second-order valence-electron chi connectivity index (χ2n) is 2.11. The van der Waals surface area contributed by atoms with E-state index in [0.717, 1.165) is 0 Å². The van der Waals surface area contributed by atoms with Crippen LogP contribution in [-0.4, -0.2) is 5.05 Å². The van der Waals surface area contributed by atoms with Crippen LogP contribution in [0.5, 0.6) is 5.75 Å². The van der Waals surface area contributed by atoms with Crippen molar-refractivity contribution in [2.24, 2.45) is 0 Å². The highest BCUT2D eigenvalue weighted by Gasteiger charge is 1.94. The highest BCUT2D eigenvalue weighted by atomic mass is 35.5. The molecule has 0 unspecified atom stereocenters. The lowest BCUT2D eigenvalue weighted by molar-refractivity contribution is -0.114. The molecular weight excluding hydrogens is 196 g/mol. The maximum Gasteiger partial charge on any atom is 0.215 e. The van der Waals surface area contributed by atoms with Crippen LogP contribution in [-0.2, 0) is 4.89 Å². The molecule has 4 heteroatoms. The third-order valence-corrected chi connectivity index (χ3v) is 1.39. The van der Waals surface area contributed by atoms with Crippen molar-refractivity contribution in [2.75, 3.05) is 0 Å². The van der Waals surface area contributed by atoms with Gasteiger partial charge in [0.25, 0.3) is 0 Å². The number of hydrogen-bond donors (Lipinski definition) is 0. The summed E-state index contributed by atoms with van der Waals surface area (Å²) in [6, 6.07) is 6.80. The van der Waals surface area contributed by atoms with E-state index in [1.165, 1.54) is 0 Å². The zero-order chi connectivity index (χ0) is 8.97. The van der Waals surface area contributed by atoms with Crippen LogP contribution in [0.1, 0.15) is 6.92 Å². The maximum atomic E-state index is 5.65. The molecule has 1 rings (SSSR count). The van der Waals surface area contributed by atoms with Gasteiger partial charge in [-0.25, -0.2) is 0 Å². The largest absolute Gasteiger partial charge is 0.289 e. The minimum atomic E-state index is 0.338. The van der Waals surface area contributed by atoms with E-state index in [-0.39, 0.29) is 0 Å². The van der Waals surface area contributed by atoms with E-state index in [0.29, 0.717) is 15.8 Å². The molecule has 0 saturated carbocycles. The van der Waals surface area contributed by atoms with Crippen molar-refractivity contribution in [1.29, 1.82) is 0 Å². The fourth-order valence-electron chi connectivity index (χ4n) is 0.597. The molecule has 0 radical (unpaired) electrons. The van der Waals surface area contributed by atoms with Crippen molar-refractivity contribution >= 4 is 28.9 Å². The number of halogens is 1. The first-order valence-electron chi connectivity index (χ1n) is 3.29. The zero-order valence-electron chi connectivity index (χ0n) is 6.41. The van der Waals surface area contributed by atoms with Gasteiger partial charge in [-0.3, -0.25) is 9.78 Å². The third-order valence-electron chi connectivity index (χ3n) is 1.07. The van der Waals surface area contributed by atoms with Crippen molar-refractivity contribution in [2.45, 2.75) is 6.92 Å². The van der Waals surface area contributed by atoms with Crippen molar-refractivity contribution in [3.05, 3.63) is 29.3 Å². The van der Waals surface area contributed by atoms with Crippen molar-refractivity contribution in [3.63, 3.8) is 0 Å².